The Morgan fingerprint density at radius 2 is 2.11 bits per heavy atom. The summed E-state index contributed by atoms with van der Waals surface area (Å²) in [6, 6.07) is 0. The minimum absolute atomic E-state index is 0.203. The summed E-state index contributed by atoms with van der Waals surface area (Å²) in [5.41, 5.74) is -0.946. The molecule has 0 aliphatic heterocycles. The highest BCUT2D eigenvalue weighted by molar-refractivity contribution is 14.1. The summed E-state index contributed by atoms with van der Waals surface area (Å²) in [6.45, 7) is -1.31. The first-order valence-corrected chi connectivity index (χ1v) is 5.45. The number of alkyl halides is 4. The highest BCUT2D eigenvalue weighted by atomic mass is 127. The van der Waals surface area contributed by atoms with Gasteiger partial charge in [-0.25, -0.2) is 14.2 Å². The molecule has 1 heterocycles. The number of nitrogens with zero attached hydrogens (tertiary/aromatic N) is 1. The normalized spacial score (nSPS) is 11.2. The predicted octanol–water partition coefficient (Wildman–Crippen LogP) is 2.84. The summed E-state index contributed by atoms with van der Waals surface area (Å²) in [6.07, 6.45) is -4.06. The maximum absolute atomic E-state index is 12.8. The summed E-state index contributed by atoms with van der Waals surface area (Å²) in [7, 11) is 1.02. The minimum Gasteiger partial charge on any atom is -0.465 e. The number of hydrogen-bond acceptors (Lipinski definition) is 4. The van der Waals surface area contributed by atoms with Gasteiger partial charge in [-0.1, -0.05) is 0 Å². The van der Waals surface area contributed by atoms with Gasteiger partial charge in [0.2, 0.25) is 0 Å². The van der Waals surface area contributed by atoms with Crippen LogP contribution in [0.5, 0.6) is 5.75 Å². The van der Waals surface area contributed by atoms with E-state index in [4.69, 9.17) is 0 Å². The Hall–Kier alpha value is -1.13. The zero-order chi connectivity index (χ0) is 13.9. The molecule has 100 valence electrons. The third-order valence-electron chi connectivity index (χ3n) is 1.85. The second-order valence-electron chi connectivity index (χ2n) is 2.94. The van der Waals surface area contributed by atoms with Gasteiger partial charge in [0, 0.05) is 11.8 Å². The fraction of sp³-hybridized carbons (Fsp3) is 0.333. The van der Waals surface area contributed by atoms with E-state index in [1.807, 2.05) is 0 Å². The number of hydrogen-bond donors (Lipinski definition) is 0. The van der Waals surface area contributed by atoms with Gasteiger partial charge in [-0.3, -0.25) is 0 Å². The van der Waals surface area contributed by atoms with E-state index in [9.17, 15) is 22.4 Å². The summed E-state index contributed by atoms with van der Waals surface area (Å²) in [4.78, 5) is 14.8. The molecule has 0 spiro atoms. The number of carbonyl (C=O) groups excluding carboxylic acids is 1. The van der Waals surface area contributed by atoms with Gasteiger partial charge in [-0.15, -0.1) is 13.2 Å². The zero-order valence-corrected chi connectivity index (χ0v) is 11.0. The van der Waals surface area contributed by atoms with E-state index in [-0.39, 0.29) is 3.70 Å². The first-order chi connectivity index (χ1) is 8.30. The molecule has 1 rings (SSSR count). The van der Waals surface area contributed by atoms with Crippen molar-refractivity contribution in [3.63, 3.8) is 0 Å². The SMILES string of the molecule is COC(=O)c1cnc(I)c(OC(F)(F)F)c1CF. The topological polar surface area (TPSA) is 48.4 Å². The molecule has 0 unspecified atom stereocenters. The number of esters is 1. The number of halogens is 5. The fourth-order valence-electron chi connectivity index (χ4n) is 1.14. The molecule has 0 atom stereocenters. The second-order valence-corrected chi connectivity index (χ2v) is 3.97. The third kappa shape index (κ3) is 3.43. The Morgan fingerprint density at radius 3 is 2.56 bits per heavy atom. The van der Waals surface area contributed by atoms with Crippen LogP contribution in [0.3, 0.4) is 0 Å². The van der Waals surface area contributed by atoms with Crippen LogP contribution < -0.4 is 4.74 Å². The van der Waals surface area contributed by atoms with Gasteiger partial charge in [-0.05, 0) is 22.6 Å². The van der Waals surface area contributed by atoms with E-state index in [2.05, 4.69) is 14.5 Å². The lowest BCUT2D eigenvalue weighted by molar-refractivity contribution is -0.275. The standard InChI is InChI=1S/C9H6F4INO3/c1-17-8(16)5-3-15-7(14)6(4(5)2-10)18-9(11,12)13/h3H,2H2,1H3. The van der Waals surface area contributed by atoms with Crippen molar-refractivity contribution in [1.29, 1.82) is 0 Å². The maximum Gasteiger partial charge on any atom is 0.573 e. The van der Waals surface area contributed by atoms with Crippen molar-refractivity contribution in [3.05, 3.63) is 21.0 Å². The molecule has 0 saturated heterocycles. The molecule has 1 aromatic heterocycles. The number of ether oxygens (including phenoxy) is 2. The van der Waals surface area contributed by atoms with Crippen LogP contribution in [0, 0.1) is 3.70 Å². The lowest BCUT2D eigenvalue weighted by Crippen LogP contribution is -2.20. The predicted molar refractivity (Wildman–Crippen MR) is 59.8 cm³/mol. The van der Waals surface area contributed by atoms with Crippen LogP contribution in [-0.4, -0.2) is 24.4 Å². The first kappa shape index (κ1) is 14.9. The van der Waals surface area contributed by atoms with Gasteiger partial charge in [-0.2, -0.15) is 0 Å². The molecule has 0 fully saturated rings. The van der Waals surface area contributed by atoms with Gasteiger partial charge in [0.05, 0.1) is 12.7 Å². The highest BCUT2D eigenvalue weighted by Gasteiger charge is 2.34. The third-order valence-corrected chi connectivity index (χ3v) is 2.62. The number of rotatable bonds is 3. The average Bonchev–Trinajstić information content (AvgIpc) is 2.29. The van der Waals surface area contributed by atoms with Crippen LogP contribution in [0.1, 0.15) is 15.9 Å². The monoisotopic (exact) mass is 379 g/mol. The lowest BCUT2D eigenvalue weighted by atomic mass is 10.1. The van der Waals surface area contributed by atoms with Crippen molar-refractivity contribution in [2.24, 2.45) is 0 Å². The van der Waals surface area contributed by atoms with Gasteiger partial charge in [0.15, 0.2) is 5.75 Å². The van der Waals surface area contributed by atoms with Gasteiger partial charge in [0.1, 0.15) is 10.4 Å². The largest absolute Gasteiger partial charge is 0.573 e. The van der Waals surface area contributed by atoms with Gasteiger partial charge >= 0.3 is 12.3 Å². The van der Waals surface area contributed by atoms with Crippen molar-refractivity contribution in [2.75, 3.05) is 7.11 Å². The molecule has 1 aromatic rings. The minimum atomic E-state index is -5.00. The molecule has 0 amide bonds. The maximum atomic E-state index is 12.8. The van der Waals surface area contributed by atoms with Crippen LogP contribution in [0.25, 0.3) is 0 Å². The van der Waals surface area contributed by atoms with Crippen LogP contribution in [0.2, 0.25) is 0 Å². The number of carbonyl (C=O) groups is 1. The summed E-state index contributed by atoms with van der Waals surface area (Å²) >= 11 is 1.45. The summed E-state index contributed by atoms with van der Waals surface area (Å²) in [5.74, 6) is -1.81. The average molecular weight is 379 g/mol. The quantitative estimate of drug-likeness (QED) is 0.351. The highest BCUT2D eigenvalue weighted by Crippen LogP contribution is 2.32. The summed E-state index contributed by atoms with van der Waals surface area (Å²) < 4.78 is 57.1. The van der Waals surface area contributed by atoms with Crippen LogP contribution >= 0.6 is 22.6 Å². The molecule has 0 aliphatic carbocycles. The van der Waals surface area contributed by atoms with Crippen LogP contribution in [0.15, 0.2) is 6.20 Å². The number of aromatic nitrogens is 1. The first-order valence-electron chi connectivity index (χ1n) is 4.37. The van der Waals surface area contributed by atoms with Crippen molar-refractivity contribution in [3.8, 4) is 5.75 Å². The van der Waals surface area contributed by atoms with E-state index in [0.717, 1.165) is 13.3 Å². The lowest BCUT2D eigenvalue weighted by Gasteiger charge is -2.14. The van der Waals surface area contributed by atoms with Crippen molar-refractivity contribution >= 4 is 28.6 Å². The van der Waals surface area contributed by atoms with Gasteiger partial charge < -0.3 is 9.47 Å². The van der Waals surface area contributed by atoms with E-state index >= 15 is 0 Å². The Balaban J connectivity index is 3.35. The van der Waals surface area contributed by atoms with Crippen LogP contribution in [0.4, 0.5) is 17.6 Å². The molecular weight excluding hydrogens is 373 g/mol. The summed E-state index contributed by atoms with van der Waals surface area (Å²) in [5, 5.41) is 0. The molecule has 9 heteroatoms. The Morgan fingerprint density at radius 1 is 1.50 bits per heavy atom. The molecule has 4 nitrogen and oxygen atoms in total. The molecule has 0 aromatic carbocycles. The fourth-order valence-corrected chi connectivity index (χ4v) is 1.72. The van der Waals surface area contributed by atoms with Crippen molar-refractivity contribution in [1.82, 2.24) is 4.98 Å². The van der Waals surface area contributed by atoms with Gasteiger partial charge in [0.25, 0.3) is 0 Å². The Kier molecular flexibility index (Phi) is 4.71. The number of methoxy groups -OCH3 is 1. The molecule has 0 radical (unpaired) electrons. The van der Waals surface area contributed by atoms with E-state index < -0.39 is 35.9 Å². The van der Waals surface area contributed by atoms with Crippen LogP contribution in [-0.2, 0) is 11.4 Å². The Labute approximate surface area is 112 Å². The molecule has 0 N–H and O–H groups in total. The molecule has 0 saturated carbocycles. The van der Waals surface area contributed by atoms with E-state index in [1.54, 1.807) is 0 Å². The van der Waals surface area contributed by atoms with Crippen molar-refractivity contribution < 1.29 is 31.8 Å². The van der Waals surface area contributed by atoms with E-state index in [0.29, 0.717) is 0 Å². The molecule has 0 bridgehead atoms. The molecule has 0 aliphatic rings. The number of pyridine rings is 1. The second kappa shape index (κ2) is 5.67. The molecule has 18 heavy (non-hydrogen) atoms. The van der Waals surface area contributed by atoms with E-state index in [1.165, 1.54) is 22.6 Å². The molecular formula is C9H6F4INO3. The zero-order valence-electron chi connectivity index (χ0n) is 8.85. The Bertz CT molecular complexity index is 464. The van der Waals surface area contributed by atoms with Crippen molar-refractivity contribution in [2.45, 2.75) is 13.0 Å². The smallest absolute Gasteiger partial charge is 0.465 e.